The molecular weight excluding hydrogens is 394 g/mol. The highest BCUT2D eigenvalue weighted by atomic mass is 79.9. The molecule has 0 atom stereocenters. The second-order valence-corrected chi connectivity index (χ2v) is 5.00. The molecule has 0 saturated carbocycles. The molecule has 0 spiro atoms. The first-order chi connectivity index (χ1) is 10.6. The van der Waals surface area contributed by atoms with Crippen LogP contribution in [0.2, 0.25) is 0 Å². The fraction of sp³-hybridized carbons (Fsp3) is 0.357. The van der Waals surface area contributed by atoms with Gasteiger partial charge in [-0.25, -0.2) is 0 Å². The average molecular weight is 405 g/mol. The van der Waals surface area contributed by atoms with Gasteiger partial charge < -0.3 is 4.74 Å². The van der Waals surface area contributed by atoms with Crippen molar-refractivity contribution in [3.05, 3.63) is 47.5 Å². The van der Waals surface area contributed by atoms with Crippen LogP contribution in [0.5, 0.6) is 0 Å². The topological polar surface area (TPSA) is 26.3 Å². The molecule has 0 heterocycles. The molecule has 9 heteroatoms. The average Bonchev–Trinajstić information content (AvgIpc) is 2.45. The number of carbonyl (C=O) groups is 1. The van der Waals surface area contributed by atoms with Crippen LogP contribution in [-0.4, -0.2) is 30.6 Å². The number of ether oxygens (including phenoxy) is 1. The van der Waals surface area contributed by atoms with Gasteiger partial charge >= 0.3 is 12.4 Å². The lowest BCUT2D eigenvalue weighted by molar-refractivity contribution is -0.387. The predicted molar refractivity (Wildman–Crippen MR) is 74.5 cm³/mol. The molecule has 0 unspecified atom stereocenters. The van der Waals surface area contributed by atoms with Crippen LogP contribution in [0.3, 0.4) is 0 Å². The Morgan fingerprint density at radius 1 is 0.957 bits per heavy atom. The lowest BCUT2D eigenvalue weighted by atomic mass is 9.91. The zero-order chi connectivity index (χ0) is 17.7. The molecule has 0 bridgehead atoms. The quantitative estimate of drug-likeness (QED) is 0.295. The first-order valence-corrected chi connectivity index (χ1v) is 7.26. The van der Waals surface area contributed by atoms with Crippen LogP contribution in [0.1, 0.15) is 15.9 Å². The summed E-state index contributed by atoms with van der Waals surface area (Å²) < 4.78 is 84.1. The van der Waals surface area contributed by atoms with E-state index in [1.54, 1.807) is 0 Å². The van der Waals surface area contributed by atoms with E-state index < -0.39 is 30.1 Å². The molecule has 1 aromatic rings. The third-order valence-electron chi connectivity index (χ3n) is 2.90. The fourth-order valence-corrected chi connectivity index (χ4v) is 2.10. The summed E-state index contributed by atoms with van der Waals surface area (Å²) in [6, 6.07) is 2.90. The second-order valence-electron chi connectivity index (χ2n) is 4.35. The van der Waals surface area contributed by atoms with Crippen LogP contribution >= 0.6 is 15.9 Å². The fourth-order valence-electron chi connectivity index (χ4n) is 1.84. The van der Waals surface area contributed by atoms with E-state index in [1.807, 2.05) is 0 Å². The van der Waals surface area contributed by atoms with E-state index in [4.69, 9.17) is 0 Å². The minimum absolute atomic E-state index is 0.0498. The van der Waals surface area contributed by atoms with Crippen molar-refractivity contribution in [1.82, 2.24) is 0 Å². The largest absolute Gasteiger partial charge is 0.430 e. The van der Waals surface area contributed by atoms with Gasteiger partial charge in [-0.3, -0.25) is 4.79 Å². The zero-order valence-corrected chi connectivity index (χ0v) is 13.0. The van der Waals surface area contributed by atoms with Crippen molar-refractivity contribution in [3.63, 3.8) is 0 Å². The summed E-state index contributed by atoms with van der Waals surface area (Å²) in [4.78, 5) is 10.5. The summed E-state index contributed by atoms with van der Waals surface area (Å²) in [5, 5.41) is 0.259. The molecule has 1 rings (SSSR count). The maximum atomic E-state index is 13.3. The molecular formula is C14H11BrF6O2. The van der Waals surface area contributed by atoms with Crippen LogP contribution in [0.15, 0.2) is 36.4 Å². The lowest BCUT2D eigenvalue weighted by Crippen LogP contribution is -2.56. The summed E-state index contributed by atoms with van der Waals surface area (Å²) in [6.07, 6.45) is -8.81. The van der Waals surface area contributed by atoms with Gasteiger partial charge in [0.2, 0.25) is 0 Å². The number of alkyl halides is 7. The molecule has 0 aromatic heterocycles. The molecule has 0 radical (unpaired) electrons. The molecule has 0 aliphatic carbocycles. The standard InChI is InChI=1S/C14H11BrF6O2/c15-7-1-2-8-23-12(13(16,17)18,14(19,20)21)11-5-3-10(9-22)4-6-11/h1-6,9H,7-8H2. The number of hydrogen-bond donors (Lipinski definition) is 0. The third-order valence-corrected chi connectivity index (χ3v) is 3.28. The minimum atomic E-state index is -5.74. The van der Waals surface area contributed by atoms with Crippen molar-refractivity contribution in [2.24, 2.45) is 0 Å². The van der Waals surface area contributed by atoms with Gasteiger partial charge in [0.15, 0.2) is 0 Å². The van der Waals surface area contributed by atoms with Gasteiger partial charge in [0.05, 0.1) is 6.61 Å². The van der Waals surface area contributed by atoms with Gasteiger partial charge in [0.25, 0.3) is 5.60 Å². The van der Waals surface area contributed by atoms with Gasteiger partial charge in [-0.05, 0) is 0 Å². The van der Waals surface area contributed by atoms with E-state index >= 15 is 0 Å². The Bertz CT molecular complexity index is 534. The van der Waals surface area contributed by atoms with Crippen LogP contribution < -0.4 is 0 Å². The van der Waals surface area contributed by atoms with Crippen LogP contribution in [0.4, 0.5) is 26.3 Å². The molecule has 0 saturated heterocycles. The SMILES string of the molecule is O=Cc1ccc(C(OCC=CCBr)(C(F)(F)F)C(F)(F)F)cc1. The van der Waals surface area contributed by atoms with E-state index in [9.17, 15) is 31.1 Å². The maximum absolute atomic E-state index is 13.3. The van der Waals surface area contributed by atoms with Crippen LogP contribution in [0, 0.1) is 0 Å². The highest BCUT2D eigenvalue weighted by Crippen LogP contribution is 2.52. The zero-order valence-electron chi connectivity index (χ0n) is 11.4. The minimum Gasteiger partial charge on any atom is -0.350 e. The normalized spacial score (nSPS) is 13.5. The Morgan fingerprint density at radius 3 is 1.87 bits per heavy atom. The number of rotatable bonds is 6. The monoisotopic (exact) mass is 404 g/mol. The number of allylic oxidation sites excluding steroid dienone is 1. The van der Waals surface area contributed by atoms with E-state index in [0.29, 0.717) is 18.4 Å². The van der Waals surface area contributed by atoms with Gasteiger partial charge in [-0.1, -0.05) is 52.3 Å². The van der Waals surface area contributed by atoms with Crippen LogP contribution in [-0.2, 0) is 10.3 Å². The number of halogens is 7. The number of hydrogen-bond acceptors (Lipinski definition) is 2. The molecule has 128 valence electrons. The van der Waals surface area contributed by atoms with Gasteiger partial charge in [-0.15, -0.1) is 0 Å². The van der Waals surface area contributed by atoms with Crippen LogP contribution in [0.25, 0.3) is 0 Å². The third kappa shape index (κ3) is 4.14. The van der Waals surface area contributed by atoms with Crippen molar-refractivity contribution >= 4 is 22.2 Å². The van der Waals surface area contributed by atoms with Crippen molar-refractivity contribution in [2.45, 2.75) is 18.0 Å². The highest BCUT2D eigenvalue weighted by Gasteiger charge is 2.73. The molecule has 0 N–H and O–H groups in total. The number of benzene rings is 1. The molecule has 0 fully saturated rings. The first-order valence-electron chi connectivity index (χ1n) is 6.14. The van der Waals surface area contributed by atoms with Gasteiger partial charge in [0.1, 0.15) is 6.29 Å². The second kappa shape index (κ2) is 7.48. The first kappa shape index (κ1) is 19.7. The Hall–Kier alpha value is -1.35. The van der Waals surface area contributed by atoms with Crippen molar-refractivity contribution in [2.75, 3.05) is 11.9 Å². The van der Waals surface area contributed by atoms with Gasteiger partial charge in [-0.2, -0.15) is 26.3 Å². The summed E-state index contributed by atoms with van der Waals surface area (Å²) in [5.41, 5.74) is -5.67. The van der Waals surface area contributed by atoms with E-state index in [0.717, 1.165) is 18.2 Å². The Labute approximate surface area is 136 Å². The molecule has 0 amide bonds. The maximum Gasteiger partial charge on any atom is 0.430 e. The lowest BCUT2D eigenvalue weighted by Gasteiger charge is -2.37. The van der Waals surface area contributed by atoms with E-state index in [2.05, 4.69) is 20.7 Å². The summed E-state index contributed by atoms with van der Waals surface area (Å²) >= 11 is 2.95. The summed E-state index contributed by atoms with van der Waals surface area (Å²) in [6.45, 7) is -0.889. The molecule has 2 nitrogen and oxygen atoms in total. The summed E-state index contributed by atoms with van der Waals surface area (Å²) in [5.74, 6) is 0. The molecule has 1 aromatic carbocycles. The van der Waals surface area contributed by atoms with Gasteiger partial charge in [0, 0.05) is 16.5 Å². The Balaban J connectivity index is 3.42. The smallest absolute Gasteiger partial charge is 0.350 e. The van der Waals surface area contributed by atoms with Crippen molar-refractivity contribution in [1.29, 1.82) is 0 Å². The highest BCUT2D eigenvalue weighted by molar-refractivity contribution is 9.09. The Morgan fingerprint density at radius 2 is 1.48 bits per heavy atom. The summed E-state index contributed by atoms with van der Waals surface area (Å²) in [7, 11) is 0. The van der Waals surface area contributed by atoms with Crippen molar-refractivity contribution in [3.8, 4) is 0 Å². The molecule has 0 aliphatic rings. The Kier molecular flexibility index (Phi) is 6.41. The van der Waals surface area contributed by atoms with Crippen molar-refractivity contribution < 1.29 is 35.9 Å². The molecule has 23 heavy (non-hydrogen) atoms. The number of carbonyl (C=O) groups excluding carboxylic acids is 1. The number of aldehydes is 1. The van der Waals surface area contributed by atoms with E-state index in [1.165, 1.54) is 6.08 Å². The predicted octanol–water partition coefficient (Wildman–Crippen LogP) is 4.79. The molecule has 0 aliphatic heterocycles. The van der Waals surface area contributed by atoms with E-state index in [-0.39, 0.29) is 10.9 Å².